The molecular formula is C21H24Cl2N2O3S. The Hall–Kier alpha value is -1.89. The van der Waals surface area contributed by atoms with Gasteiger partial charge in [0, 0.05) is 35.0 Å². The summed E-state index contributed by atoms with van der Waals surface area (Å²) in [5.74, 6) is 1.29. The molecule has 0 aromatic heterocycles. The first-order chi connectivity index (χ1) is 13.9. The predicted octanol–water partition coefficient (Wildman–Crippen LogP) is 4.40. The Morgan fingerprint density at radius 2 is 1.76 bits per heavy atom. The molecule has 156 valence electrons. The van der Waals surface area contributed by atoms with Gasteiger partial charge in [-0.2, -0.15) is 0 Å². The fourth-order valence-electron chi connectivity index (χ4n) is 2.71. The number of benzene rings is 2. The zero-order valence-corrected chi connectivity index (χ0v) is 18.9. The van der Waals surface area contributed by atoms with Crippen molar-refractivity contribution in [3.8, 4) is 5.75 Å². The molecule has 2 aromatic rings. The number of ether oxygens (including phenoxy) is 1. The lowest BCUT2D eigenvalue weighted by atomic mass is 10.1. The molecule has 0 radical (unpaired) electrons. The van der Waals surface area contributed by atoms with Crippen molar-refractivity contribution in [2.45, 2.75) is 25.3 Å². The van der Waals surface area contributed by atoms with Gasteiger partial charge in [-0.05, 0) is 36.8 Å². The zero-order valence-electron chi connectivity index (χ0n) is 16.6. The molecule has 2 amide bonds. The van der Waals surface area contributed by atoms with Crippen LogP contribution in [0, 0.1) is 0 Å². The summed E-state index contributed by atoms with van der Waals surface area (Å²) >= 11 is 14.0. The molecule has 0 saturated heterocycles. The molecule has 0 saturated carbocycles. The molecule has 0 unspecified atom stereocenters. The average Bonchev–Trinajstić information content (AvgIpc) is 2.73. The maximum absolute atomic E-state index is 12.9. The minimum Gasteiger partial charge on any atom is -0.497 e. The summed E-state index contributed by atoms with van der Waals surface area (Å²) in [5, 5.41) is 3.52. The van der Waals surface area contributed by atoms with Crippen molar-refractivity contribution in [2.75, 3.05) is 19.9 Å². The molecule has 0 heterocycles. The van der Waals surface area contributed by atoms with Gasteiger partial charge >= 0.3 is 0 Å². The van der Waals surface area contributed by atoms with Gasteiger partial charge in [-0.15, -0.1) is 11.8 Å². The van der Waals surface area contributed by atoms with Crippen LogP contribution in [-0.2, 0) is 21.9 Å². The van der Waals surface area contributed by atoms with Gasteiger partial charge in [0.25, 0.3) is 0 Å². The Morgan fingerprint density at radius 1 is 1.14 bits per heavy atom. The van der Waals surface area contributed by atoms with E-state index in [0.717, 1.165) is 11.3 Å². The monoisotopic (exact) mass is 454 g/mol. The van der Waals surface area contributed by atoms with Crippen LogP contribution in [0.25, 0.3) is 0 Å². The van der Waals surface area contributed by atoms with Gasteiger partial charge in [-0.3, -0.25) is 9.59 Å². The molecule has 0 spiro atoms. The minimum atomic E-state index is -0.651. The number of carbonyl (C=O) groups is 2. The number of rotatable bonds is 9. The largest absolute Gasteiger partial charge is 0.497 e. The fraction of sp³-hybridized carbons (Fsp3) is 0.333. The number of hydrogen-bond acceptors (Lipinski definition) is 4. The first kappa shape index (κ1) is 23.4. The Bertz CT molecular complexity index is 826. The highest BCUT2D eigenvalue weighted by atomic mass is 35.5. The predicted molar refractivity (Wildman–Crippen MR) is 120 cm³/mol. The SMILES string of the molecule is CNC(=O)[C@@H](C)N(Cc1c(Cl)cccc1Cl)C(=O)CSCc1ccc(OC)cc1. The maximum atomic E-state index is 12.9. The summed E-state index contributed by atoms with van der Waals surface area (Å²) in [6.45, 7) is 1.85. The lowest BCUT2D eigenvalue weighted by molar-refractivity contribution is -0.138. The molecule has 0 aliphatic rings. The van der Waals surface area contributed by atoms with Crippen molar-refractivity contribution < 1.29 is 14.3 Å². The van der Waals surface area contributed by atoms with Crippen molar-refractivity contribution >= 4 is 46.8 Å². The summed E-state index contributed by atoms with van der Waals surface area (Å²) in [6, 6.07) is 12.2. The fourth-order valence-corrected chi connectivity index (χ4v) is 4.09. The van der Waals surface area contributed by atoms with Crippen LogP contribution >= 0.6 is 35.0 Å². The Balaban J connectivity index is 2.08. The van der Waals surface area contributed by atoms with Crippen LogP contribution in [0.1, 0.15) is 18.1 Å². The van der Waals surface area contributed by atoms with E-state index < -0.39 is 6.04 Å². The Kier molecular flexibility index (Phi) is 9.14. The van der Waals surface area contributed by atoms with E-state index in [4.69, 9.17) is 27.9 Å². The summed E-state index contributed by atoms with van der Waals surface area (Å²) in [5.41, 5.74) is 1.71. The van der Waals surface area contributed by atoms with Crippen LogP contribution in [-0.4, -0.2) is 42.7 Å². The molecule has 29 heavy (non-hydrogen) atoms. The number of methoxy groups -OCH3 is 1. The molecule has 0 aliphatic heterocycles. The topological polar surface area (TPSA) is 58.6 Å². The number of likely N-dealkylation sites (N-methyl/N-ethyl adjacent to an activating group) is 1. The van der Waals surface area contributed by atoms with Gasteiger partial charge in [0.15, 0.2) is 0 Å². The van der Waals surface area contributed by atoms with Gasteiger partial charge in [0.2, 0.25) is 11.8 Å². The van der Waals surface area contributed by atoms with E-state index in [1.165, 1.54) is 16.7 Å². The third-order valence-corrected chi connectivity index (χ3v) is 6.15. The summed E-state index contributed by atoms with van der Waals surface area (Å²) in [4.78, 5) is 26.6. The number of amides is 2. The highest BCUT2D eigenvalue weighted by molar-refractivity contribution is 7.99. The van der Waals surface area contributed by atoms with Gasteiger partial charge in [-0.1, -0.05) is 41.4 Å². The summed E-state index contributed by atoms with van der Waals surface area (Å²) < 4.78 is 5.15. The van der Waals surface area contributed by atoms with E-state index in [1.807, 2.05) is 24.3 Å². The van der Waals surface area contributed by atoms with Gasteiger partial charge < -0.3 is 15.0 Å². The smallest absolute Gasteiger partial charge is 0.242 e. The number of carbonyl (C=O) groups excluding carboxylic acids is 2. The first-order valence-corrected chi connectivity index (χ1v) is 10.9. The van der Waals surface area contributed by atoms with Crippen molar-refractivity contribution in [3.05, 3.63) is 63.6 Å². The normalized spacial score (nSPS) is 11.6. The second-order valence-electron chi connectivity index (χ2n) is 6.35. The lowest BCUT2D eigenvalue weighted by Gasteiger charge is -2.29. The average molecular weight is 455 g/mol. The minimum absolute atomic E-state index is 0.157. The van der Waals surface area contributed by atoms with E-state index in [2.05, 4.69) is 5.32 Å². The van der Waals surface area contributed by atoms with Crippen LogP contribution < -0.4 is 10.1 Å². The Labute approximate surface area is 185 Å². The molecule has 1 N–H and O–H groups in total. The molecule has 0 bridgehead atoms. The quantitative estimate of drug-likeness (QED) is 0.609. The van der Waals surface area contributed by atoms with Crippen LogP contribution in [0.3, 0.4) is 0 Å². The third kappa shape index (κ3) is 6.56. The third-order valence-electron chi connectivity index (χ3n) is 4.46. The molecule has 0 aliphatic carbocycles. The highest BCUT2D eigenvalue weighted by Crippen LogP contribution is 2.27. The summed E-state index contributed by atoms with van der Waals surface area (Å²) in [7, 11) is 3.16. The Morgan fingerprint density at radius 3 is 2.31 bits per heavy atom. The van der Waals surface area contributed by atoms with Crippen LogP contribution in [0.2, 0.25) is 10.0 Å². The number of halogens is 2. The van der Waals surface area contributed by atoms with Gasteiger partial charge in [-0.25, -0.2) is 0 Å². The number of thioether (sulfide) groups is 1. The van der Waals surface area contributed by atoms with E-state index in [-0.39, 0.29) is 24.1 Å². The molecule has 0 fully saturated rings. The van der Waals surface area contributed by atoms with Gasteiger partial charge in [0.05, 0.1) is 12.9 Å². The number of hydrogen-bond donors (Lipinski definition) is 1. The van der Waals surface area contributed by atoms with Crippen LogP contribution in [0.5, 0.6) is 5.75 Å². The molecule has 2 aromatic carbocycles. The molecule has 8 heteroatoms. The zero-order chi connectivity index (χ0) is 21.4. The molecular weight excluding hydrogens is 431 g/mol. The molecule has 5 nitrogen and oxygen atoms in total. The van der Waals surface area contributed by atoms with Gasteiger partial charge in [0.1, 0.15) is 11.8 Å². The van der Waals surface area contributed by atoms with E-state index in [0.29, 0.717) is 21.4 Å². The standard InChI is InChI=1S/C21H24Cl2N2O3S/c1-14(21(27)24-2)25(11-17-18(22)5-4-6-19(17)23)20(26)13-29-12-15-7-9-16(28-3)10-8-15/h4-10,14H,11-13H2,1-3H3,(H,24,27)/t14-/m1/s1. The van der Waals surface area contributed by atoms with Crippen molar-refractivity contribution in [3.63, 3.8) is 0 Å². The second kappa shape index (κ2) is 11.3. The van der Waals surface area contributed by atoms with Crippen molar-refractivity contribution in [1.82, 2.24) is 10.2 Å². The summed E-state index contributed by atoms with van der Waals surface area (Å²) in [6.07, 6.45) is 0. The first-order valence-electron chi connectivity index (χ1n) is 9.02. The van der Waals surface area contributed by atoms with E-state index >= 15 is 0 Å². The molecule has 1 atom stereocenters. The molecule has 2 rings (SSSR count). The van der Waals surface area contributed by atoms with Crippen LogP contribution in [0.15, 0.2) is 42.5 Å². The van der Waals surface area contributed by atoms with Crippen LogP contribution in [0.4, 0.5) is 0 Å². The number of nitrogens with zero attached hydrogens (tertiary/aromatic N) is 1. The maximum Gasteiger partial charge on any atom is 0.242 e. The van der Waals surface area contributed by atoms with Crippen molar-refractivity contribution in [2.24, 2.45) is 0 Å². The lowest BCUT2D eigenvalue weighted by Crippen LogP contribution is -2.47. The van der Waals surface area contributed by atoms with E-state index in [1.54, 1.807) is 39.3 Å². The van der Waals surface area contributed by atoms with Crippen molar-refractivity contribution in [1.29, 1.82) is 0 Å². The highest BCUT2D eigenvalue weighted by Gasteiger charge is 2.26. The number of nitrogens with one attached hydrogen (secondary N) is 1. The van der Waals surface area contributed by atoms with E-state index in [9.17, 15) is 9.59 Å². The second-order valence-corrected chi connectivity index (χ2v) is 8.15.